The summed E-state index contributed by atoms with van der Waals surface area (Å²) in [6.07, 6.45) is 4.91. The number of ketones is 1. The van der Waals surface area contributed by atoms with Gasteiger partial charge < -0.3 is 5.10 Å². The molecule has 1 aliphatic rings. The van der Waals surface area contributed by atoms with E-state index in [9.17, 15) is 9.59 Å². The lowest BCUT2D eigenvalue weighted by molar-refractivity contribution is 0.103. The molecule has 23 heavy (non-hydrogen) atoms. The molecule has 0 aliphatic carbocycles. The topological polar surface area (TPSA) is 54.9 Å². The quantitative estimate of drug-likeness (QED) is 0.877. The van der Waals surface area contributed by atoms with Gasteiger partial charge in [0.25, 0.3) is 5.56 Å². The van der Waals surface area contributed by atoms with E-state index >= 15 is 0 Å². The van der Waals surface area contributed by atoms with Gasteiger partial charge in [-0.05, 0) is 68.5 Å². The minimum Gasteiger partial charge on any atom is -0.302 e. The normalized spacial score (nSPS) is 14.4. The second kappa shape index (κ2) is 6.40. The monoisotopic (exact) mass is 330 g/mol. The molecule has 0 saturated carbocycles. The maximum atomic E-state index is 12.9. The number of hydrogen-bond donors (Lipinski definition) is 1. The Kier molecular flexibility index (Phi) is 4.48. The van der Waals surface area contributed by atoms with Gasteiger partial charge in [-0.3, -0.25) is 14.3 Å². The molecule has 3 rings (SSSR count). The number of aryl methyl sites for hydroxylation is 2. The van der Waals surface area contributed by atoms with Crippen molar-refractivity contribution in [1.82, 2.24) is 9.78 Å². The van der Waals surface area contributed by atoms with Crippen LogP contribution in [0.4, 0.5) is 0 Å². The average Bonchev–Trinajstić information content (AvgIpc) is 2.75. The predicted molar refractivity (Wildman–Crippen MR) is 93.7 cm³/mol. The van der Waals surface area contributed by atoms with E-state index in [0.717, 1.165) is 29.7 Å². The lowest BCUT2D eigenvalue weighted by Gasteiger charge is -2.16. The third kappa shape index (κ3) is 2.78. The van der Waals surface area contributed by atoms with Crippen LogP contribution in [0.3, 0.4) is 0 Å². The molecule has 5 heteroatoms. The Morgan fingerprint density at radius 3 is 2.78 bits per heavy atom. The highest BCUT2D eigenvalue weighted by Crippen LogP contribution is 2.35. The summed E-state index contributed by atoms with van der Waals surface area (Å²) >= 11 is 1.89. The summed E-state index contributed by atoms with van der Waals surface area (Å²) in [5.74, 6) is 0.968. The first kappa shape index (κ1) is 16.1. The molecule has 0 unspecified atom stereocenters. The van der Waals surface area contributed by atoms with E-state index in [-0.39, 0.29) is 16.9 Å². The van der Waals surface area contributed by atoms with Crippen molar-refractivity contribution < 1.29 is 4.79 Å². The van der Waals surface area contributed by atoms with Crippen molar-refractivity contribution in [3.8, 4) is 0 Å². The molecule has 122 valence electrons. The molecule has 4 nitrogen and oxygen atoms in total. The molecule has 0 atom stereocenters. The summed E-state index contributed by atoms with van der Waals surface area (Å²) in [5.41, 5.74) is 4.14. The Bertz CT molecular complexity index is 817. The van der Waals surface area contributed by atoms with E-state index < -0.39 is 0 Å². The van der Waals surface area contributed by atoms with E-state index in [4.69, 9.17) is 0 Å². The predicted octanol–water partition coefficient (Wildman–Crippen LogP) is 3.47. The van der Waals surface area contributed by atoms with Gasteiger partial charge in [-0.15, -0.1) is 11.8 Å². The summed E-state index contributed by atoms with van der Waals surface area (Å²) in [4.78, 5) is 26.5. The van der Waals surface area contributed by atoms with Gasteiger partial charge in [-0.25, -0.2) is 0 Å². The smallest absolute Gasteiger partial charge is 0.277 e. The molecule has 0 bridgehead atoms. The number of aromatic amines is 1. The Balaban J connectivity index is 2.11. The van der Waals surface area contributed by atoms with Gasteiger partial charge in [0.2, 0.25) is 0 Å². The highest BCUT2D eigenvalue weighted by molar-refractivity contribution is 7.99. The van der Waals surface area contributed by atoms with Gasteiger partial charge in [-0.2, -0.15) is 0 Å². The van der Waals surface area contributed by atoms with Crippen molar-refractivity contribution in [3.63, 3.8) is 0 Å². The summed E-state index contributed by atoms with van der Waals surface area (Å²) < 4.78 is 1.45. The van der Waals surface area contributed by atoms with Crippen molar-refractivity contribution in [1.29, 1.82) is 0 Å². The summed E-state index contributed by atoms with van der Waals surface area (Å²) in [6, 6.07) is 1.96. The second-order valence-corrected chi connectivity index (χ2v) is 7.15. The van der Waals surface area contributed by atoms with Crippen molar-refractivity contribution in [2.45, 2.75) is 51.5 Å². The zero-order valence-corrected chi connectivity index (χ0v) is 14.7. The number of nitrogens with zero attached hydrogens (tertiary/aromatic N) is 1. The van der Waals surface area contributed by atoms with Crippen molar-refractivity contribution in [3.05, 3.63) is 50.4 Å². The fourth-order valence-electron chi connectivity index (χ4n) is 3.23. The van der Waals surface area contributed by atoms with Crippen LogP contribution in [0.1, 0.15) is 52.4 Å². The van der Waals surface area contributed by atoms with E-state index in [1.54, 1.807) is 0 Å². The molecule has 0 amide bonds. The van der Waals surface area contributed by atoms with Gasteiger partial charge in [0.15, 0.2) is 5.78 Å². The third-order valence-electron chi connectivity index (χ3n) is 4.56. The maximum absolute atomic E-state index is 12.9. The fraction of sp³-hybridized carbons (Fsp3) is 0.444. The molecule has 1 aliphatic heterocycles. The summed E-state index contributed by atoms with van der Waals surface area (Å²) in [6.45, 7) is 6.49. The van der Waals surface area contributed by atoms with Crippen LogP contribution in [0.25, 0.3) is 0 Å². The highest BCUT2D eigenvalue weighted by atomic mass is 32.2. The average molecular weight is 330 g/mol. The first-order valence-electron chi connectivity index (χ1n) is 8.13. The molecular weight excluding hydrogens is 308 g/mol. The first-order chi connectivity index (χ1) is 11.0. The van der Waals surface area contributed by atoms with Crippen LogP contribution < -0.4 is 5.56 Å². The minimum atomic E-state index is -0.237. The Hall–Kier alpha value is -1.75. The number of thioether (sulfide) groups is 1. The molecule has 1 aromatic heterocycles. The van der Waals surface area contributed by atoms with Gasteiger partial charge >= 0.3 is 0 Å². The van der Waals surface area contributed by atoms with Crippen molar-refractivity contribution in [2.75, 3.05) is 5.75 Å². The van der Waals surface area contributed by atoms with Crippen LogP contribution in [0, 0.1) is 13.8 Å². The molecule has 2 aromatic rings. The zero-order valence-electron chi connectivity index (χ0n) is 13.9. The molecule has 0 spiro atoms. The maximum Gasteiger partial charge on any atom is 0.277 e. The number of carbonyl (C=O) groups excluding carboxylic acids is 1. The molecule has 1 N–H and O–H groups in total. The standard InChI is InChI=1S/C18H22N2O2S/c1-4-20-18(22)15(10-19-20)16(21)14-9-11(2)17-13(12(14)3)7-5-6-8-23-17/h9-10,19H,4-8H2,1-3H3. The van der Waals surface area contributed by atoms with E-state index in [2.05, 4.69) is 12.0 Å². The van der Waals surface area contributed by atoms with Crippen LogP contribution in [-0.2, 0) is 13.0 Å². The largest absolute Gasteiger partial charge is 0.302 e. The molecule has 0 saturated heterocycles. The van der Waals surface area contributed by atoms with Gasteiger partial charge in [0, 0.05) is 23.2 Å². The van der Waals surface area contributed by atoms with E-state index in [1.807, 2.05) is 31.7 Å². The summed E-state index contributed by atoms with van der Waals surface area (Å²) in [7, 11) is 0. The first-order valence-corrected chi connectivity index (χ1v) is 9.12. The zero-order chi connectivity index (χ0) is 16.6. The highest BCUT2D eigenvalue weighted by Gasteiger charge is 2.23. The molecular formula is C18H22N2O2S. The SMILES string of the molecule is CCn1[nH]cc(C(=O)c2cc(C)c3c(c2C)CCCCS3)c1=O. The summed E-state index contributed by atoms with van der Waals surface area (Å²) in [5, 5.41) is 2.86. The number of hydrogen-bond acceptors (Lipinski definition) is 3. The van der Waals surface area contributed by atoms with Crippen molar-refractivity contribution in [2.24, 2.45) is 0 Å². The number of H-pyrrole nitrogens is 1. The van der Waals surface area contributed by atoms with Crippen molar-refractivity contribution >= 4 is 17.5 Å². The minimum absolute atomic E-state index is 0.170. The number of aromatic nitrogens is 2. The number of carbonyl (C=O) groups is 1. The van der Waals surface area contributed by atoms with Crippen LogP contribution >= 0.6 is 11.8 Å². The van der Waals surface area contributed by atoms with E-state index in [0.29, 0.717) is 12.1 Å². The number of benzene rings is 1. The second-order valence-electron chi connectivity index (χ2n) is 6.04. The number of fused-ring (bicyclic) bond motifs is 1. The fourth-order valence-corrected chi connectivity index (χ4v) is 4.50. The van der Waals surface area contributed by atoms with Gasteiger partial charge in [-0.1, -0.05) is 0 Å². The molecule has 2 heterocycles. The molecule has 0 fully saturated rings. The molecule has 0 radical (unpaired) electrons. The number of rotatable bonds is 3. The van der Waals surface area contributed by atoms with Crippen LogP contribution in [0.2, 0.25) is 0 Å². The van der Waals surface area contributed by atoms with Gasteiger partial charge in [0.1, 0.15) is 5.56 Å². The lowest BCUT2D eigenvalue weighted by atomic mass is 9.92. The molecule has 1 aromatic carbocycles. The Morgan fingerprint density at radius 1 is 1.30 bits per heavy atom. The Morgan fingerprint density at radius 2 is 2.09 bits per heavy atom. The lowest BCUT2D eigenvalue weighted by Crippen LogP contribution is -2.22. The van der Waals surface area contributed by atoms with Crippen LogP contribution in [-0.4, -0.2) is 21.3 Å². The van der Waals surface area contributed by atoms with E-state index in [1.165, 1.54) is 27.8 Å². The van der Waals surface area contributed by atoms with Crippen LogP contribution in [0.15, 0.2) is 22.0 Å². The Labute approximate surface area is 140 Å². The van der Waals surface area contributed by atoms with Gasteiger partial charge in [0.05, 0.1) is 0 Å². The third-order valence-corrected chi connectivity index (χ3v) is 5.91. The van der Waals surface area contributed by atoms with Crippen LogP contribution in [0.5, 0.6) is 0 Å². The number of nitrogens with one attached hydrogen (secondary N) is 1.